The minimum atomic E-state index is -0.0745. The van der Waals surface area contributed by atoms with Crippen LogP contribution in [0.15, 0.2) is 12.7 Å². The molecular formula is C11H20N2O. The van der Waals surface area contributed by atoms with E-state index < -0.39 is 0 Å². The van der Waals surface area contributed by atoms with Gasteiger partial charge in [0.05, 0.1) is 0 Å². The Bertz CT molecular complexity index is 197. The molecule has 0 aliphatic carbocycles. The maximum Gasteiger partial charge on any atom is 0.243 e. The van der Waals surface area contributed by atoms with Gasteiger partial charge in [0, 0.05) is 12.6 Å². The first kappa shape index (κ1) is 11.2. The maximum atomic E-state index is 11.0. The van der Waals surface area contributed by atoms with Crippen molar-refractivity contribution < 1.29 is 4.79 Å². The third kappa shape index (κ3) is 3.92. The van der Waals surface area contributed by atoms with Gasteiger partial charge in [0.25, 0.3) is 0 Å². The Balaban J connectivity index is 2.21. The molecule has 1 saturated heterocycles. The van der Waals surface area contributed by atoms with E-state index in [-0.39, 0.29) is 11.9 Å². The number of piperidine rings is 1. The lowest BCUT2D eigenvalue weighted by molar-refractivity contribution is -0.117. The number of carbonyl (C=O) groups is 1. The molecule has 0 aromatic heterocycles. The second-order valence-corrected chi connectivity index (χ2v) is 3.98. The number of likely N-dealkylation sites (tertiary alicyclic amines) is 1. The average Bonchev–Trinajstić information content (AvgIpc) is 2.19. The van der Waals surface area contributed by atoms with Crippen LogP contribution in [-0.4, -0.2) is 36.5 Å². The number of nitrogens with zero attached hydrogens (tertiary/aromatic N) is 1. The first-order chi connectivity index (χ1) is 6.72. The summed E-state index contributed by atoms with van der Waals surface area (Å²) in [5.74, 6) is -0.0745. The molecule has 0 spiro atoms. The van der Waals surface area contributed by atoms with E-state index in [1.54, 1.807) is 0 Å². The second kappa shape index (κ2) is 5.81. The summed E-state index contributed by atoms with van der Waals surface area (Å²) in [5.41, 5.74) is 0. The molecule has 0 radical (unpaired) electrons. The fourth-order valence-electron chi connectivity index (χ4n) is 1.88. The quantitative estimate of drug-likeness (QED) is 0.684. The van der Waals surface area contributed by atoms with Crippen LogP contribution in [0.4, 0.5) is 0 Å². The predicted octanol–water partition coefficient (Wildman–Crippen LogP) is 1.16. The van der Waals surface area contributed by atoms with Gasteiger partial charge in [-0.25, -0.2) is 0 Å². The number of carbonyl (C=O) groups excluding carboxylic acids is 1. The van der Waals surface area contributed by atoms with Crippen molar-refractivity contribution in [1.82, 2.24) is 10.2 Å². The largest absolute Gasteiger partial charge is 0.349 e. The second-order valence-electron chi connectivity index (χ2n) is 3.98. The van der Waals surface area contributed by atoms with Crippen molar-refractivity contribution in [2.24, 2.45) is 0 Å². The molecule has 0 bridgehead atoms. The summed E-state index contributed by atoms with van der Waals surface area (Å²) < 4.78 is 0. The van der Waals surface area contributed by atoms with Gasteiger partial charge in [-0.05, 0) is 38.9 Å². The smallest absolute Gasteiger partial charge is 0.243 e. The standard InChI is InChI=1S/C11H20N2O/c1-3-11(14)12-10(2)9-13-7-5-4-6-8-13/h3,10H,1,4-9H2,2H3,(H,12,14). The zero-order valence-electron chi connectivity index (χ0n) is 8.96. The molecule has 1 aliphatic rings. The summed E-state index contributed by atoms with van der Waals surface area (Å²) in [5, 5.41) is 2.88. The van der Waals surface area contributed by atoms with Crippen LogP contribution in [0.1, 0.15) is 26.2 Å². The van der Waals surface area contributed by atoms with Crippen molar-refractivity contribution in [1.29, 1.82) is 0 Å². The maximum absolute atomic E-state index is 11.0. The average molecular weight is 196 g/mol. The van der Waals surface area contributed by atoms with Crippen LogP contribution in [0.2, 0.25) is 0 Å². The van der Waals surface area contributed by atoms with Crippen molar-refractivity contribution >= 4 is 5.91 Å². The van der Waals surface area contributed by atoms with Gasteiger partial charge in [-0.15, -0.1) is 0 Å². The van der Waals surface area contributed by atoms with Crippen LogP contribution >= 0.6 is 0 Å². The zero-order valence-corrected chi connectivity index (χ0v) is 8.96. The van der Waals surface area contributed by atoms with Crippen molar-refractivity contribution in [2.75, 3.05) is 19.6 Å². The number of nitrogens with one attached hydrogen (secondary N) is 1. The van der Waals surface area contributed by atoms with Gasteiger partial charge < -0.3 is 10.2 Å². The van der Waals surface area contributed by atoms with E-state index in [4.69, 9.17) is 0 Å². The number of hydrogen-bond acceptors (Lipinski definition) is 2. The molecule has 1 unspecified atom stereocenters. The van der Waals surface area contributed by atoms with Crippen molar-refractivity contribution in [3.8, 4) is 0 Å². The summed E-state index contributed by atoms with van der Waals surface area (Å²) in [6.07, 6.45) is 5.26. The molecule has 1 rings (SSSR count). The molecule has 1 aliphatic heterocycles. The minimum absolute atomic E-state index is 0.0745. The summed E-state index contributed by atoms with van der Waals surface area (Å²) >= 11 is 0. The van der Waals surface area contributed by atoms with Gasteiger partial charge in [0.2, 0.25) is 5.91 Å². The monoisotopic (exact) mass is 196 g/mol. The summed E-state index contributed by atoms with van der Waals surface area (Å²) in [7, 11) is 0. The highest BCUT2D eigenvalue weighted by Crippen LogP contribution is 2.08. The third-order valence-corrected chi connectivity index (χ3v) is 2.55. The SMILES string of the molecule is C=CC(=O)NC(C)CN1CCCCC1. The van der Waals surface area contributed by atoms with E-state index in [0.29, 0.717) is 0 Å². The fraction of sp³-hybridized carbons (Fsp3) is 0.727. The van der Waals surface area contributed by atoms with Crippen molar-refractivity contribution in [2.45, 2.75) is 32.2 Å². The van der Waals surface area contributed by atoms with Crippen LogP contribution < -0.4 is 5.32 Å². The fourth-order valence-corrected chi connectivity index (χ4v) is 1.88. The molecule has 0 aromatic rings. The van der Waals surface area contributed by atoms with Crippen LogP contribution in [0.5, 0.6) is 0 Å². The number of rotatable bonds is 4. The Morgan fingerprint density at radius 1 is 1.50 bits per heavy atom. The molecule has 3 heteroatoms. The Kier molecular flexibility index (Phi) is 4.66. The van der Waals surface area contributed by atoms with Gasteiger partial charge in [0.15, 0.2) is 0 Å². The van der Waals surface area contributed by atoms with Crippen molar-refractivity contribution in [3.05, 3.63) is 12.7 Å². The van der Waals surface area contributed by atoms with E-state index >= 15 is 0 Å². The van der Waals surface area contributed by atoms with Crippen LogP contribution in [0.3, 0.4) is 0 Å². The summed E-state index contributed by atoms with van der Waals surface area (Å²) in [6, 6.07) is 0.221. The van der Waals surface area contributed by atoms with E-state index in [9.17, 15) is 4.79 Å². The lowest BCUT2D eigenvalue weighted by atomic mass is 10.1. The van der Waals surface area contributed by atoms with Gasteiger partial charge >= 0.3 is 0 Å². The lowest BCUT2D eigenvalue weighted by Gasteiger charge is -2.29. The van der Waals surface area contributed by atoms with Gasteiger partial charge in [-0.3, -0.25) is 4.79 Å². The van der Waals surface area contributed by atoms with E-state index in [1.165, 1.54) is 38.4 Å². The predicted molar refractivity (Wildman–Crippen MR) is 58.1 cm³/mol. The van der Waals surface area contributed by atoms with Gasteiger partial charge in [0.1, 0.15) is 0 Å². The zero-order chi connectivity index (χ0) is 10.4. The topological polar surface area (TPSA) is 32.3 Å². The summed E-state index contributed by atoms with van der Waals surface area (Å²) in [6.45, 7) is 8.78. The van der Waals surface area contributed by atoms with E-state index in [0.717, 1.165) is 6.54 Å². The van der Waals surface area contributed by atoms with Crippen LogP contribution in [-0.2, 0) is 4.79 Å². The molecule has 1 N–H and O–H groups in total. The Morgan fingerprint density at radius 3 is 2.71 bits per heavy atom. The first-order valence-corrected chi connectivity index (χ1v) is 5.37. The molecular weight excluding hydrogens is 176 g/mol. The molecule has 14 heavy (non-hydrogen) atoms. The molecule has 1 atom stereocenters. The highest BCUT2D eigenvalue weighted by atomic mass is 16.1. The van der Waals surface area contributed by atoms with Gasteiger partial charge in [-0.1, -0.05) is 13.0 Å². The molecule has 1 amide bonds. The molecule has 0 aromatic carbocycles. The third-order valence-electron chi connectivity index (χ3n) is 2.55. The van der Waals surface area contributed by atoms with Crippen LogP contribution in [0.25, 0.3) is 0 Å². The molecule has 0 saturated carbocycles. The van der Waals surface area contributed by atoms with Gasteiger partial charge in [-0.2, -0.15) is 0 Å². The van der Waals surface area contributed by atoms with E-state index in [1.807, 2.05) is 6.92 Å². The van der Waals surface area contributed by atoms with Crippen molar-refractivity contribution in [3.63, 3.8) is 0 Å². The number of amides is 1. The van der Waals surface area contributed by atoms with E-state index in [2.05, 4.69) is 16.8 Å². The molecule has 1 fully saturated rings. The molecule has 80 valence electrons. The Hall–Kier alpha value is -0.830. The first-order valence-electron chi connectivity index (χ1n) is 5.37. The Labute approximate surface area is 86.2 Å². The molecule has 3 nitrogen and oxygen atoms in total. The Morgan fingerprint density at radius 2 is 2.14 bits per heavy atom. The normalized spacial score (nSPS) is 20.1. The lowest BCUT2D eigenvalue weighted by Crippen LogP contribution is -2.43. The number of hydrogen-bond donors (Lipinski definition) is 1. The highest BCUT2D eigenvalue weighted by molar-refractivity contribution is 5.87. The summed E-state index contributed by atoms with van der Waals surface area (Å²) in [4.78, 5) is 13.4. The molecule has 1 heterocycles. The minimum Gasteiger partial charge on any atom is -0.349 e. The highest BCUT2D eigenvalue weighted by Gasteiger charge is 2.13. The van der Waals surface area contributed by atoms with Crippen LogP contribution in [0, 0.1) is 0 Å².